The summed E-state index contributed by atoms with van der Waals surface area (Å²) in [6.07, 6.45) is 3.48. The Bertz CT molecular complexity index is 1220. The number of nitrogens with one attached hydrogen (secondary N) is 2. The van der Waals surface area contributed by atoms with Crippen LogP contribution in [-0.4, -0.2) is 29.9 Å². The van der Waals surface area contributed by atoms with Gasteiger partial charge in [0.25, 0.3) is 0 Å². The molecule has 0 radical (unpaired) electrons. The van der Waals surface area contributed by atoms with E-state index < -0.39 is 0 Å². The van der Waals surface area contributed by atoms with Crippen molar-refractivity contribution in [3.63, 3.8) is 0 Å². The van der Waals surface area contributed by atoms with Gasteiger partial charge in [0.1, 0.15) is 17.2 Å². The lowest BCUT2D eigenvalue weighted by molar-refractivity contribution is 0.620. The van der Waals surface area contributed by atoms with Crippen molar-refractivity contribution in [2.24, 2.45) is 0 Å². The fraction of sp³-hybridized carbons (Fsp3) is 0.0500. The van der Waals surface area contributed by atoms with Gasteiger partial charge in [-0.3, -0.25) is 5.10 Å². The predicted octanol–water partition coefficient (Wildman–Crippen LogP) is 4.00. The van der Waals surface area contributed by atoms with E-state index in [1.165, 1.54) is 12.1 Å². The summed E-state index contributed by atoms with van der Waals surface area (Å²) in [5.74, 6) is 0.451. The van der Waals surface area contributed by atoms with Gasteiger partial charge < -0.3 is 4.98 Å². The van der Waals surface area contributed by atoms with Crippen molar-refractivity contribution in [3.8, 4) is 22.6 Å². The first-order chi connectivity index (χ1) is 13.3. The van der Waals surface area contributed by atoms with Crippen molar-refractivity contribution in [1.29, 1.82) is 0 Å². The average Bonchev–Trinajstić information content (AvgIpc) is 3.39. The first-order valence-electron chi connectivity index (χ1n) is 8.53. The number of imidazole rings is 1. The van der Waals surface area contributed by atoms with Gasteiger partial charge in [0, 0.05) is 5.56 Å². The largest absolute Gasteiger partial charge is 0.335 e. The van der Waals surface area contributed by atoms with Crippen molar-refractivity contribution in [1.82, 2.24) is 29.9 Å². The van der Waals surface area contributed by atoms with E-state index in [0.29, 0.717) is 12.4 Å². The minimum Gasteiger partial charge on any atom is -0.335 e. The van der Waals surface area contributed by atoms with Crippen LogP contribution in [-0.2, 0) is 6.54 Å². The molecule has 0 spiro atoms. The van der Waals surface area contributed by atoms with Crippen LogP contribution in [0.25, 0.3) is 33.8 Å². The zero-order valence-electron chi connectivity index (χ0n) is 14.2. The maximum absolute atomic E-state index is 13.4. The van der Waals surface area contributed by atoms with Crippen LogP contribution in [0.4, 0.5) is 4.39 Å². The molecule has 132 valence electrons. The Labute approximate surface area is 153 Å². The molecule has 0 bridgehead atoms. The molecule has 0 saturated heterocycles. The van der Waals surface area contributed by atoms with Gasteiger partial charge in [-0.05, 0) is 17.7 Å². The number of hydrogen-bond acceptors (Lipinski definition) is 3. The Hall–Kier alpha value is -3.74. The van der Waals surface area contributed by atoms with Gasteiger partial charge in [0.2, 0.25) is 0 Å². The molecule has 0 amide bonds. The number of benzene rings is 2. The molecule has 0 unspecified atom stereocenters. The quantitative estimate of drug-likeness (QED) is 0.510. The lowest BCUT2D eigenvalue weighted by Gasteiger charge is -2.02. The molecule has 5 rings (SSSR count). The fourth-order valence-electron chi connectivity index (χ4n) is 3.19. The molecule has 3 heterocycles. The van der Waals surface area contributed by atoms with E-state index in [0.717, 1.165) is 33.5 Å². The van der Waals surface area contributed by atoms with Gasteiger partial charge >= 0.3 is 0 Å². The molecule has 0 aliphatic rings. The number of halogens is 1. The summed E-state index contributed by atoms with van der Waals surface area (Å²) in [6.45, 7) is 0.447. The lowest BCUT2D eigenvalue weighted by atomic mass is 10.1. The second-order valence-electron chi connectivity index (χ2n) is 6.28. The molecule has 2 N–H and O–H groups in total. The summed E-state index contributed by atoms with van der Waals surface area (Å²) in [5.41, 5.74) is 5.19. The molecule has 0 saturated carbocycles. The van der Waals surface area contributed by atoms with E-state index in [2.05, 4.69) is 20.3 Å². The Morgan fingerprint density at radius 1 is 1.00 bits per heavy atom. The Kier molecular flexibility index (Phi) is 3.57. The van der Waals surface area contributed by atoms with Gasteiger partial charge in [-0.25, -0.2) is 14.1 Å². The molecule has 0 atom stereocenters. The van der Waals surface area contributed by atoms with Crippen LogP contribution in [0.1, 0.15) is 5.56 Å². The lowest BCUT2D eigenvalue weighted by Crippen LogP contribution is -2.02. The summed E-state index contributed by atoms with van der Waals surface area (Å²) in [7, 11) is 0. The maximum Gasteiger partial charge on any atom is 0.177 e. The highest BCUT2D eigenvalue weighted by Gasteiger charge is 2.16. The van der Waals surface area contributed by atoms with Crippen LogP contribution >= 0.6 is 0 Å². The van der Waals surface area contributed by atoms with E-state index in [9.17, 15) is 4.39 Å². The van der Waals surface area contributed by atoms with Crippen LogP contribution < -0.4 is 0 Å². The molecule has 6 nitrogen and oxygen atoms in total. The van der Waals surface area contributed by atoms with Crippen molar-refractivity contribution >= 4 is 11.2 Å². The van der Waals surface area contributed by atoms with E-state index >= 15 is 0 Å². The van der Waals surface area contributed by atoms with Crippen molar-refractivity contribution < 1.29 is 4.39 Å². The zero-order chi connectivity index (χ0) is 18.2. The standard InChI is InChI=1S/C20H15FN6/c21-15-8-4-5-13(9-15)12-27-20-17(11-23-27)24-19(25-20)16-10-22-26-18(16)14-6-2-1-3-7-14/h1-11H,12H2,(H,22,26)(H,24,25). The number of aromatic nitrogens is 6. The normalized spacial score (nSPS) is 11.3. The van der Waals surface area contributed by atoms with Crippen LogP contribution in [0.3, 0.4) is 0 Å². The average molecular weight is 358 g/mol. The molecule has 7 heteroatoms. The van der Waals surface area contributed by atoms with Gasteiger partial charge in [-0.15, -0.1) is 0 Å². The third kappa shape index (κ3) is 2.79. The highest BCUT2D eigenvalue weighted by molar-refractivity contribution is 5.82. The van der Waals surface area contributed by atoms with Crippen LogP contribution in [0, 0.1) is 5.82 Å². The third-order valence-electron chi connectivity index (χ3n) is 4.46. The van der Waals surface area contributed by atoms with Gasteiger partial charge in [0.05, 0.1) is 30.2 Å². The molecular weight excluding hydrogens is 343 g/mol. The summed E-state index contributed by atoms with van der Waals surface area (Å²) in [5, 5.41) is 11.6. The van der Waals surface area contributed by atoms with Crippen LogP contribution in [0.5, 0.6) is 0 Å². The second kappa shape index (κ2) is 6.21. The van der Waals surface area contributed by atoms with E-state index in [4.69, 9.17) is 4.98 Å². The number of nitrogens with zero attached hydrogens (tertiary/aromatic N) is 4. The summed E-state index contributed by atoms with van der Waals surface area (Å²) in [6, 6.07) is 16.5. The molecule has 3 aromatic heterocycles. The molecular formula is C20H15FN6. The fourth-order valence-corrected chi connectivity index (χ4v) is 3.19. The summed E-state index contributed by atoms with van der Waals surface area (Å²) >= 11 is 0. The van der Waals surface area contributed by atoms with E-state index in [1.54, 1.807) is 23.1 Å². The number of H-pyrrole nitrogens is 2. The third-order valence-corrected chi connectivity index (χ3v) is 4.46. The number of rotatable bonds is 4. The number of fused-ring (bicyclic) bond motifs is 1. The first kappa shape index (κ1) is 15.5. The first-order valence-corrected chi connectivity index (χ1v) is 8.53. The molecule has 0 aliphatic heterocycles. The van der Waals surface area contributed by atoms with Gasteiger partial charge in [-0.1, -0.05) is 42.5 Å². The Morgan fingerprint density at radius 2 is 1.89 bits per heavy atom. The predicted molar refractivity (Wildman–Crippen MR) is 100 cm³/mol. The summed E-state index contributed by atoms with van der Waals surface area (Å²) < 4.78 is 15.2. The monoisotopic (exact) mass is 358 g/mol. The van der Waals surface area contributed by atoms with E-state index in [-0.39, 0.29) is 5.82 Å². The molecule has 2 aromatic carbocycles. The maximum atomic E-state index is 13.4. The molecule has 0 aliphatic carbocycles. The van der Waals surface area contributed by atoms with Crippen molar-refractivity contribution in [3.05, 3.63) is 78.4 Å². The highest BCUT2D eigenvalue weighted by atomic mass is 19.1. The highest BCUT2D eigenvalue weighted by Crippen LogP contribution is 2.29. The van der Waals surface area contributed by atoms with Crippen LogP contribution in [0.2, 0.25) is 0 Å². The van der Waals surface area contributed by atoms with Crippen molar-refractivity contribution in [2.75, 3.05) is 0 Å². The Balaban J connectivity index is 1.54. The van der Waals surface area contributed by atoms with E-state index in [1.807, 2.05) is 36.4 Å². The minimum atomic E-state index is -0.260. The van der Waals surface area contributed by atoms with Crippen molar-refractivity contribution in [2.45, 2.75) is 6.54 Å². The number of hydrogen-bond donors (Lipinski definition) is 2. The summed E-state index contributed by atoms with van der Waals surface area (Å²) in [4.78, 5) is 8.01. The molecule has 0 fully saturated rings. The molecule has 27 heavy (non-hydrogen) atoms. The van der Waals surface area contributed by atoms with Gasteiger partial charge in [-0.2, -0.15) is 10.2 Å². The SMILES string of the molecule is Fc1cccc(Cn2ncc3[nH]c(-c4cn[nH]c4-c4ccccc4)nc32)c1. The Morgan fingerprint density at radius 3 is 2.74 bits per heavy atom. The second-order valence-corrected chi connectivity index (χ2v) is 6.28. The smallest absolute Gasteiger partial charge is 0.177 e. The minimum absolute atomic E-state index is 0.260. The van der Waals surface area contributed by atoms with Gasteiger partial charge in [0.15, 0.2) is 5.65 Å². The number of aromatic amines is 2. The zero-order valence-corrected chi connectivity index (χ0v) is 14.2. The topological polar surface area (TPSA) is 75.2 Å². The van der Waals surface area contributed by atoms with Crippen LogP contribution in [0.15, 0.2) is 67.0 Å². The molecule has 5 aromatic rings.